The SMILES string of the molecule is S=C(S)N(c1ccccc1)c1ccccc1.[MgH2]. The fraction of sp³-hybridized carbons (Fsp3) is 0. The number of thiol groups is 1. The molecule has 2 rings (SSSR count). The Morgan fingerprint density at radius 2 is 1.18 bits per heavy atom. The Hall–Kier alpha value is -0.554. The van der Waals surface area contributed by atoms with Gasteiger partial charge < -0.3 is 0 Å². The van der Waals surface area contributed by atoms with Crippen molar-refractivity contribution >= 4 is 63.6 Å². The normalized spacial score (nSPS) is 9.24. The maximum Gasteiger partial charge on any atom is 0.316 e. The minimum absolute atomic E-state index is 0. The minimum atomic E-state index is 0. The first kappa shape index (κ1) is 14.5. The third kappa shape index (κ3) is 3.71. The second-order valence-electron chi connectivity index (χ2n) is 3.29. The van der Waals surface area contributed by atoms with Gasteiger partial charge in [-0.1, -0.05) is 48.6 Å². The van der Waals surface area contributed by atoms with Gasteiger partial charge in [0.1, 0.15) is 4.32 Å². The number of rotatable bonds is 2. The molecule has 0 saturated carbocycles. The molecule has 1 nitrogen and oxygen atoms in total. The molecule has 0 heterocycles. The molecule has 0 N–H and O–H groups in total. The monoisotopic (exact) mass is 271 g/mol. The molecular formula is C13H13MgNS2. The minimum Gasteiger partial charge on any atom is -0.296 e. The maximum absolute atomic E-state index is 5.17. The van der Waals surface area contributed by atoms with Crippen molar-refractivity contribution in [1.82, 2.24) is 0 Å². The number of anilines is 2. The lowest BCUT2D eigenvalue weighted by Gasteiger charge is -2.22. The lowest BCUT2D eigenvalue weighted by Crippen LogP contribution is -2.18. The number of para-hydroxylation sites is 2. The Morgan fingerprint density at radius 3 is 1.47 bits per heavy atom. The van der Waals surface area contributed by atoms with Crippen LogP contribution in [0.5, 0.6) is 0 Å². The molecule has 2 aromatic carbocycles. The van der Waals surface area contributed by atoms with Gasteiger partial charge in [-0.3, -0.25) is 4.90 Å². The third-order valence-electron chi connectivity index (χ3n) is 2.22. The summed E-state index contributed by atoms with van der Waals surface area (Å²) >= 11 is 9.44. The molecule has 0 aliphatic carbocycles. The van der Waals surface area contributed by atoms with E-state index in [1.54, 1.807) is 0 Å². The lowest BCUT2D eigenvalue weighted by molar-refractivity contribution is 1.39. The zero-order chi connectivity index (χ0) is 11.4. The van der Waals surface area contributed by atoms with E-state index < -0.39 is 0 Å². The van der Waals surface area contributed by atoms with Crippen LogP contribution in [0.2, 0.25) is 0 Å². The van der Waals surface area contributed by atoms with Gasteiger partial charge in [0.15, 0.2) is 0 Å². The molecule has 0 aromatic heterocycles. The van der Waals surface area contributed by atoms with E-state index in [-0.39, 0.29) is 23.1 Å². The van der Waals surface area contributed by atoms with Crippen molar-refractivity contribution in [2.45, 2.75) is 0 Å². The van der Waals surface area contributed by atoms with Crippen molar-refractivity contribution in [3.05, 3.63) is 60.7 Å². The van der Waals surface area contributed by atoms with Crippen LogP contribution in [0.3, 0.4) is 0 Å². The van der Waals surface area contributed by atoms with E-state index in [4.69, 9.17) is 12.2 Å². The first-order valence-electron chi connectivity index (χ1n) is 4.92. The molecule has 4 heteroatoms. The van der Waals surface area contributed by atoms with Gasteiger partial charge in [-0.15, -0.1) is 12.6 Å². The van der Waals surface area contributed by atoms with Gasteiger partial charge in [0.25, 0.3) is 0 Å². The van der Waals surface area contributed by atoms with Gasteiger partial charge in [-0.25, -0.2) is 0 Å². The van der Waals surface area contributed by atoms with Crippen molar-refractivity contribution in [3.8, 4) is 0 Å². The number of nitrogens with zero attached hydrogens (tertiary/aromatic N) is 1. The largest absolute Gasteiger partial charge is 0.316 e. The van der Waals surface area contributed by atoms with Crippen LogP contribution in [-0.2, 0) is 0 Å². The highest BCUT2D eigenvalue weighted by atomic mass is 32.1. The first-order chi connectivity index (χ1) is 7.79. The zero-order valence-corrected chi connectivity index (χ0v) is 10.3. The summed E-state index contributed by atoms with van der Waals surface area (Å²) in [5.74, 6) is 0. The van der Waals surface area contributed by atoms with Crippen LogP contribution in [0.1, 0.15) is 0 Å². The van der Waals surface area contributed by atoms with Gasteiger partial charge in [-0.05, 0) is 24.3 Å². The summed E-state index contributed by atoms with van der Waals surface area (Å²) in [5, 5.41) is 0. The van der Waals surface area contributed by atoms with Crippen LogP contribution in [-0.4, -0.2) is 27.4 Å². The first-order valence-corrected chi connectivity index (χ1v) is 5.78. The standard InChI is InChI=1S/C13H11NS2.Mg.2H/c15-13(16)14(11-7-3-1-4-8-11)12-9-5-2-6-10-12;;;/h1-10H,(H,15,16);;;. The van der Waals surface area contributed by atoms with Gasteiger partial charge >= 0.3 is 23.1 Å². The van der Waals surface area contributed by atoms with E-state index in [1.807, 2.05) is 65.6 Å². The summed E-state index contributed by atoms with van der Waals surface area (Å²) in [7, 11) is 0. The Kier molecular flexibility index (Phi) is 5.98. The van der Waals surface area contributed by atoms with Crippen LogP contribution in [0.15, 0.2) is 60.7 Å². The van der Waals surface area contributed by atoms with Crippen LogP contribution >= 0.6 is 24.8 Å². The molecule has 17 heavy (non-hydrogen) atoms. The average Bonchev–Trinajstić information content (AvgIpc) is 2.31. The summed E-state index contributed by atoms with van der Waals surface area (Å²) in [6.45, 7) is 0. The summed E-state index contributed by atoms with van der Waals surface area (Å²) < 4.78 is 0.539. The summed E-state index contributed by atoms with van der Waals surface area (Å²) in [6.07, 6.45) is 0. The second-order valence-corrected chi connectivity index (χ2v) is 4.40. The van der Waals surface area contributed by atoms with Gasteiger partial charge in [0.05, 0.1) is 0 Å². The highest BCUT2D eigenvalue weighted by molar-refractivity contribution is 8.11. The van der Waals surface area contributed by atoms with E-state index in [0.29, 0.717) is 4.32 Å². The van der Waals surface area contributed by atoms with Crippen LogP contribution < -0.4 is 4.90 Å². The molecule has 0 bridgehead atoms. The third-order valence-corrected chi connectivity index (χ3v) is 2.60. The smallest absolute Gasteiger partial charge is 0.296 e. The lowest BCUT2D eigenvalue weighted by atomic mass is 10.2. The number of hydrogen-bond acceptors (Lipinski definition) is 1. The molecular weight excluding hydrogens is 259 g/mol. The quantitative estimate of drug-likeness (QED) is 0.508. The van der Waals surface area contributed by atoms with E-state index in [0.717, 1.165) is 11.4 Å². The second kappa shape index (κ2) is 7.01. The molecule has 2 aromatic rings. The zero-order valence-electron chi connectivity index (χ0n) is 8.58. The number of thiocarbonyl (C=S) groups is 1. The van der Waals surface area contributed by atoms with Gasteiger partial charge in [0.2, 0.25) is 0 Å². The maximum atomic E-state index is 5.17. The van der Waals surface area contributed by atoms with Gasteiger partial charge in [0, 0.05) is 11.4 Å². The molecule has 0 saturated heterocycles. The fourth-order valence-corrected chi connectivity index (χ4v) is 1.97. The van der Waals surface area contributed by atoms with E-state index in [1.165, 1.54) is 0 Å². The van der Waals surface area contributed by atoms with Crippen LogP contribution in [0.4, 0.5) is 11.4 Å². The van der Waals surface area contributed by atoms with Crippen LogP contribution in [0.25, 0.3) is 0 Å². The van der Waals surface area contributed by atoms with E-state index in [9.17, 15) is 0 Å². The van der Waals surface area contributed by atoms with Crippen molar-refractivity contribution in [2.75, 3.05) is 4.90 Å². The van der Waals surface area contributed by atoms with Gasteiger partial charge in [-0.2, -0.15) is 0 Å². The highest BCUT2D eigenvalue weighted by Gasteiger charge is 2.10. The van der Waals surface area contributed by atoms with Crippen LogP contribution in [0, 0.1) is 0 Å². The molecule has 0 aliphatic rings. The number of hydrogen-bond donors (Lipinski definition) is 1. The van der Waals surface area contributed by atoms with E-state index in [2.05, 4.69) is 12.6 Å². The van der Waals surface area contributed by atoms with Crippen molar-refractivity contribution in [2.24, 2.45) is 0 Å². The summed E-state index contributed by atoms with van der Waals surface area (Å²) in [6, 6.07) is 19.9. The van der Waals surface area contributed by atoms with Crippen molar-refractivity contribution in [1.29, 1.82) is 0 Å². The predicted octanol–water partition coefficient (Wildman–Crippen LogP) is 3.12. The molecule has 0 spiro atoms. The fourth-order valence-electron chi connectivity index (χ4n) is 1.52. The summed E-state index contributed by atoms with van der Waals surface area (Å²) in [5.41, 5.74) is 2.04. The predicted molar refractivity (Wildman–Crippen MR) is 85.2 cm³/mol. The molecule has 0 aliphatic heterocycles. The molecule has 0 unspecified atom stereocenters. The average molecular weight is 272 g/mol. The van der Waals surface area contributed by atoms with E-state index >= 15 is 0 Å². The summed E-state index contributed by atoms with van der Waals surface area (Å²) in [4.78, 5) is 1.93. The molecule has 0 fully saturated rings. The molecule has 0 amide bonds. The van der Waals surface area contributed by atoms with Crippen molar-refractivity contribution in [3.63, 3.8) is 0 Å². The topological polar surface area (TPSA) is 3.24 Å². The molecule has 84 valence electrons. The Bertz CT molecular complexity index is 434. The number of benzene rings is 2. The molecule has 0 radical (unpaired) electrons. The Morgan fingerprint density at radius 1 is 0.824 bits per heavy atom. The molecule has 0 atom stereocenters. The Balaban J connectivity index is 0.00000144. The van der Waals surface area contributed by atoms with Crippen molar-refractivity contribution < 1.29 is 0 Å². The Labute approximate surface area is 128 Å². The highest BCUT2D eigenvalue weighted by Crippen LogP contribution is 2.26.